The molecule has 6 heteroatoms. The Balaban J connectivity index is 1.60. The topological polar surface area (TPSA) is 73.6 Å². The second-order valence-corrected chi connectivity index (χ2v) is 6.54. The lowest BCUT2D eigenvalue weighted by Gasteiger charge is -2.10. The number of carbonyl (C=O) groups is 1. The fraction of sp³-hybridized carbons (Fsp3) is 0.130. The third-order valence-electron chi connectivity index (χ3n) is 4.67. The van der Waals surface area contributed by atoms with Gasteiger partial charge in [-0.05, 0) is 48.9 Å². The second kappa shape index (κ2) is 7.67. The first kappa shape index (κ1) is 18.6. The summed E-state index contributed by atoms with van der Waals surface area (Å²) in [5.74, 6) is 1.36. The highest BCUT2D eigenvalue weighted by Crippen LogP contribution is 2.30. The molecule has 0 atom stereocenters. The van der Waals surface area contributed by atoms with Gasteiger partial charge in [0, 0.05) is 22.9 Å². The van der Waals surface area contributed by atoms with E-state index in [1.54, 1.807) is 37.4 Å². The van der Waals surface area contributed by atoms with Crippen molar-refractivity contribution in [3.05, 3.63) is 71.8 Å². The van der Waals surface area contributed by atoms with Crippen LogP contribution in [0.15, 0.2) is 65.1 Å². The van der Waals surface area contributed by atoms with E-state index in [0.717, 1.165) is 16.6 Å². The molecule has 29 heavy (non-hydrogen) atoms. The van der Waals surface area contributed by atoms with Crippen molar-refractivity contribution in [1.82, 2.24) is 4.98 Å². The SMILES string of the molecule is COc1ccc(C(=O)Nc2ccc3nc(-c4ccccc4C)oc3c2)cc1OC. The zero-order valence-corrected chi connectivity index (χ0v) is 16.4. The Morgan fingerprint density at radius 2 is 1.76 bits per heavy atom. The molecule has 4 rings (SSSR count). The highest BCUT2D eigenvalue weighted by molar-refractivity contribution is 6.05. The lowest BCUT2D eigenvalue weighted by Crippen LogP contribution is -2.12. The third-order valence-corrected chi connectivity index (χ3v) is 4.67. The number of anilines is 1. The van der Waals surface area contributed by atoms with E-state index in [4.69, 9.17) is 13.9 Å². The highest BCUT2D eigenvalue weighted by Gasteiger charge is 2.14. The van der Waals surface area contributed by atoms with Gasteiger partial charge in [0.1, 0.15) is 5.52 Å². The number of methoxy groups -OCH3 is 2. The smallest absolute Gasteiger partial charge is 0.255 e. The van der Waals surface area contributed by atoms with E-state index in [0.29, 0.717) is 34.2 Å². The van der Waals surface area contributed by atoms with Crippen molar-refractivity contribution in [2.45, 2.75) is 6.92 Å². The van der Waals surface area contributed by atoms with E-state index in [2.05, 4.69) is 10.3 Å². The first-order valence-corrected chi connectivity index (χ1v) is 9.09. The van der Waals surface area contributed by atoms with Gasteiger partial charge in [-0.3, -0.25) is 4.79 Å². The summed E-state index contributed by atoms with van der Waals surface area (Å²) in [5.41, 5.74) is 4.44. The summed E-state index contributed by atoms with van der Waals surface area (Å²) < 4.78 is 16.4. The molecule has 0 fully saturated rings. The van der Waals surface area contributed by atoms with Crippen LogP contribution >= 0.6 is 0 Å². The van der Waals surface area contributed by atoms with E-state index < -0.39 is 0 Å². The molecular weight excluding hydrogens is 368 g/mol. The number of hydrogen-bond acceptors (Lipinski definition) is 5. The van der Waals surface area contributed by atoms with Crippen molar-refractivity contribution in [2.75, 3.05) is 19.5 Å². The van der Waals surface area contributed by atoms with Gasteiger partial charge in [0.15, 0.2) is 17.1 Å². The molecule has 1 heterocycles. The van der Waals surface area contributed by atoms with Gasteiger partial charge in [-0.25, -0.2) is 4.98 Å². The zero-order valence-electron chi connectivity index (χ0n) is 16.4. The minimum Gasteiger partial charge on any atom is -0.493 e. The molecule has 0 aliphatic carbocycles. The molecule has 0 aliphatic heterocycles. The molecule has 0 unspecified atom stereocenters. The van der Waals surface area contributed by atoms with Gasteiger partial charge < -0.3 is 19.2 Å². The maximum atomic E-state index is 12.6. The predicted molar refractivity (Wildman–Crippen MR) is 112 cm³/mol. The predicted octanol–water partition coefficient (Wildman–Crippen LogP) is 5.07. The van der Waals surface area contributed by atoms with Crippen LogP contribution in [0.4, 0.5) is 5.69 Å². The first-order chi connectivity index (χ1) is 14.1. The Hall–Kier alpha value is -3.80. The highest BCUT2D eigenvalue weighted by atomic mass is 16.5. The fourth-order valence-electron chi connectivity index (χ4n) is 3.11. The van der Waals surface area contributed by atoms with Gasteiger partial charge in [0.25, 0.3) is 5.91 Å². The molecule has 6 nitrogen and oxygen atoms in total. The van der Waals surface area contributed by atoms with Crippen LogP contribution in [0.2, 0.25) is 0 Å². The standard InChI is InChI=1S/C23H20N2O4/c1-14-6-4-5-7-17(14)23-25-18-10-9-16(13-20(18)29-23)24-22(26)15-8-11-19(27-2)21(12-15)28-3/h4-13H,1-3H3,(H,24,26). The number of oxazole rings is 1. The van der Waals surface area contributed by atoms with Crippen LogP contribution in [0.25, 0.3) is 22.6 Å². The minimum absolute atomic E-state index is 0.260. The molecule has 3 aromatic carbocycles. The van der Waals surface area contributed by atoms with Crippen LogP contribution in [0.1, 0.15) is 15.9 Å². The molecule has 1 N–H and O–H groups in total. The van der Waals surface area contributed by atoms with E-state index in [-0.39, 0.29) is 5.91 Å². The van der Waals surface area contributed by atoms with Crippen molar-refractivity contribution in [3.63, 3.8) is 0 Å². The Labute approximate surface area is 168 Å². The maximum Gasteiger partial charge on any atom is 0.255 e. The molecule has 4 aromatic rings. The molecule has 0 bridgehead atoms. The average molecular weight is 388 g/mol. The van der Waals surface area contributed by atoms with Crippen molar-refractivity contribution in [2.24, 2.45) is 0 Å². The number of benzene rings is 3. The average Bonchev–Trinajstić information content (AvgIpc) is 3.16. The van der Waals surface area contributed by atoms with Gasteiger partial charge in [-0.1, -0.05) is 18.2 Å². The number of hydrogen-bond donors (Lipinski definition) is 1. The summed E-state index contributed by atoms with van der Waals surface area (Å²) in [4.78, 5) is 17.2. The first-order valence-electron chi connectivity index (χ1n) is 9.09. The zero-order chi connectivity index (χ0) is 20.4. The molecule has 1 aromatic heterocycles. The fourth-order valence-corrected chi connectivity index (χ4v) is 3.11. The monoisotopic (exact) mass is 388 g/mol. The molecular formula is C23H20N2O4. The lowest BCUT2D eigenvalue weighted by molar-refractivity contribution is 0.102. The van der Waals surface area contributed by atoms with E-state index >= 15 is 0 Å². The molecule has 0 saturated carbocycles. The Morgan fingerprint density at radius 3 is 2.52 bits per heavy atom. The minimum atomic E-state index is -0.260. The molecule has 0 aliphatic rings. The summed E-state index contributed by atoms with van der Waals surface area (Å²) >= 11 is 0. The van der Waals surface area contributed by atoms with Crippen LogP contribution in [0.5, 0.6) is 11.5 Å². The number of nitrogens with one attached hydrogen (secondary N) is 1. The molecule has 0 radical (unpaired) electrons. The Kier molecular flexibility index (Phi) is 4.91. The number of carbonyl (C=O) groups excluding carboxylic acids is 1. The number of amides is 1. The molecule has 0 spiro atoms. The second-order valence-electron chi connectivity index (χ2n) is 6.54. The summed E-state index contributed by atoms with van der Waals surface area (Å²) in [7, 11) is 3.08. The van der Waals surface area contributed by atoms with Crippen molar-refractivity contribution < 1.29 is 18.7 Å². The van der Waals surface area contributed by atoms with Crippen LogP contribution < -0.4 is 14.8 Å². The van der Waals surface area contributed by atoms with Crippen LogP contribution in [-0.4, -0.2) is 25.1 Å². The van der Waals surface area contributed by atoms with Gasteiger partial charge in [0.05, 0.1) is 14.2 Å². The van der Waals surface area contributed by atoms with E-state index in [9.17, 15) is 4.79 Å². The Morgan fingerprint density at radius 1 is 0.966 bits per heavy atom. The summed E-state index contributed by atoms with van der Waals surface area (Å²) in [5, 5.41) is 2.88. The van der Waals surface area contributed by atoms with Crippen LogP contribution in [0, 0.1) is 6.92 Å². The van der Waals surface area contributed by atoms with Gasteiger partial charge in [-0.15, -0.1) is 0 Å². The van der Waals surface area contributed by atoms with E-state index in [1.165, 1.54) is 7.11 Å². The molecule has 0 saturated heterocycles. The largest absolute Gasteiger partial charge is 0.493 e. The number of rotatable bonds is 5. The number of fused-ring (bicyclic) bond motifs is 1. The van der Waals surface area contributed by atoms with Gasteiger partial charge >= 0.3 is 0 Å². The van der Waals surface area contributed by atoms with Crippen molar-refractivity contribution >= 4 is 22.7 Å². The summed E-state index contributed by atoms with van der Waals surface area (Å²) in [6.45, 7) is 2.01. The van der Waals surface area contributed by atoms with Crippen LogP contribution in [-0.2, 0) is 0 Å². The lowest BCUT2D eigenvalue weighted by atomic mass is 10.1. The van der Waals surface area contributed by atoms with Crippen molar-refractivity contribution in [1.29, 1.82) is 0 Å². The number of nitrogens with zero attached hydrogens (tertiary/aromatic N) is 1. The quantitative estimate of drug-likeness (QED) is 0.516. The molecule has 1 amide bonds. The maximum absolute atomic E-state index is 12.6. The van der Waals surface area contributed by atoms with Gasteiger partial charge in [-0.2, -0.15) is 0 Å². The molecule has 146 valence electrons. The Bertz CT molecular complexity index is 1200. The van der Waals surface area contributed by atoms with Crippen molar-refractivity contribution in [3.8, 4) is 23.0 Å². The van der Waals surface area contributed by atoms with Gasteiger partial charge in [0.2, 0.25) is 5.89 Å². The number of ether oxygens (including phenoxy) is 2. The third kappa shape index (κ3) is 3.65. The number of aromatic nitrogens is 1. The van der Waals surface area contributed by atoms with E-state index in [1.807, 2.05) is 37.3 Å². The summed E-state index contributed by atoms with van der Waals surface area (Å²) in [6, 6.07) is 18.3. The normalized spacial score (nSPS) is 10.7. The summed E-state index contributed by atoms with van der Waals surface area (Å²) in [6.07, 6.45) is 0. The van der Waals surface area contributed by atoms with Crippen LogP contribution in [0.3, 0.4) is 0 Å². The number of aryl methyl sites for hydroxylation is 1.